The van der Waals surface area contributed by atoms with E-state index in [1.165, 1.54) is 17.5 Å². The molecule has 0 spiro atoms. The summed E-state index contributed by atoms with van der Waals surface area (Å²) >= 11 is 0. The molecule has 0 unspecified atom stereocenters. The van der Waals surface area contributed by atoms with Crippen LogP contribution < -0.4 is 15.0 Å². The second kappa shape index (κ2) is 8.08. The summed E-state index contributed by atoms with van der Waals surface area (Å²) in [7, 11) is 0. The lowest BCUT2D eigenvalue weighted by Crippen LogP contribution is -2.31. The minimum atomic E-state index is -0.259. The van der Waals surface area contributed by atoms with Crippen molar-refractivity contribution in [2.24, 2.45) is 0 Å². The molecule has 2 aromatic carbocycles. The van der Waals surface area contributed by atoms with Crippen LogP contribution in [0.3, 0.4) is 0 Å². The fourth-order valence-corrected chi connectivity index (χ4v) is 3.33. The Balaban J connectivity index is 1.47. The fourth-order valence-electron chi connectivity index (χ4n) is 3.33. The third-order valence-corrected chi connectivity index (χ3v) is 4.76. The molecule has 0 aliphatic carbocycles. The van der Waals surface area contributed by atoms with Crippen LogP contribution in [0, 0.1) is 0 Å². The van der Waals surface area contributed by atoms with Crippen LogP contribution in [0.5, 0.6) is 5.75 Å². The van der Waals surface area contributed by atoms with Gasteiger partial charge in [-0.25, -0.2) is 9.97 Å². The largest absolute Gasteiger partial charge is 0.494 e. The number of hydrogen-bond acceptors (Lipinski definition) is 5. The molecule has 0 atom stereocenters. The average molecular weight is 374 g/mol. The first-order valence-electron chi connectivity index (χ1n) is 9.41. The van der Waals surface area contributed by atoms with Crippen LogP contribution in [0.1, 0.15) is 28.5 Å². The molecule has 1 N–H and O–H groups in total. The van der Waals surface area contributed by atoms with E-state index < -0.39 is 0 Å². The zero-order valence-corrected chi connectivity index (χ0v) is 15.8. The van der Waals surface area contributed by atoms with E-state index in [9.17, 15) is 4.79 Å². The van der Waals surface area contributed by atoms with Gasteiger partial charge in [-0.1, -0.05) is 24.3 Å². The number of ether oxygens (including phenoxy) is 1. The highest BCUT2D eigenvalue weighted by molar-refractivity contribution is 6.03. The lowest BCUT2D eigenvalue weighted by Gasteiger charge is -2.29. The van der Waals surface area contributed by atoms with Crippen LogP contribution >= 0.6 is 0 Å². The highest BCUT2D eigenvalue weighted by atomic mass is 16.5. The van der Waals surface area contributed by atoms with E-state index in [0.29, 0.717) is 18.0 Å². The van der Waals surface area contributed by atoms with Crippen LogP contribution in [-0.4, -0.2) is 29.0 Å². The highest BCUT2D eigenvalue weighted by Gasteiger charge is 2.18. The number of amides is 1. The van der Waals surface area contributed by atoms with Crippen molar-refractivity contribution in [2.75, 3.05) is 23.4 Å². The Hall–Kier alpha value is -3.41. The predicted octanol–water partition coefficient (Wildman–Crippen LogP) is 3.69. The number of nitrogens with zero attached hydrogens (tertiary/aromatic N) is 3. The summed E-state index contributed by atoms with van der Waals surface area (Å²) in [5.41, 5.74) is 3.72. The standard InChI is InChI=1S/C22H22N4O2/c1-2-28-19-9-7-18(8-10-19)25-22(27)20-13-21(24-15-23-20)26-12-11-16-5-3-4-6-17(16)14-26/h3-10,13,15H,2,11-12,14H2,1H3,(H,25,27). The second-order valence-electron chi connectivity index (χ2n) is 6.61. The molecule has 0 radical (unpaired) electrons. The van der Waals surface area contributed by atoms with E-state index in [4.69, 9.17) is 4.74 Å². The second-order valence-corrected chi connectivity index (χ2v) is 6.61. The molecular weight excluding hydrogens is 352 g/mol. The SMILES string of the molecule is CCOc1ccc(NC(=O)c2cc(N3CCc4ccccc4C3)ncn2)cc1. The topological polar surface area (TPSA) is 67.3 Å². The molecule has 1 aliphatic heterocycles. The van der Waals surface area contributed by atoms with Crippen molar-refractivity contribution in [3.63, 3.8) is 0 Å². The van der Waals surface area contributed by atoms with Crippen LogP contribution in [-0.2, 0) is 13.0 Å². The van der Waals surface area contributed by atoms with E-state index in [1.54, 1.807) is 6.07 Å². The van der Waals surface area contributed by atoms with Crippen molar-refractivity contribution in [3.8, 4) is 5.75 Å². The molecule has 6 heteroatoms. The van der Waals surface area contributed by atoms with E-state index in [2.05, 4.69) is 44.5 Å². The summed E-state index contributed by atoms with van der Waals surface area (Å²) in [6, 6.07) is 17.5. The Morgan fingerprint density at radius 1 is 1.11 bits per heavy atom. The van der Waals surface area contributed by atoms with Crippen LogP contribution in [0.25, 0.3) is 0 Å². The monoisotopic (exact) mass is 374 g/mol. The summed E-state index contributed by atoms with van der Waals surface area (Å²) in [6.45, 7) is 4.20. The van der Waals surface area contributed by atoms with Gasteiger partial charge < -0.3 is 15.0 Å². The maximum absolute atomic E-state index is 12.6. The van der Waals surface area contributed by atoms with E-state index in [-0.39, 0.29) is 5.91 Å². The smallest absolute Gasteiger partial charge is 0.274 e. The first-order valence-corrected chi connectivity index (χ1v) is 9.41. The van der Waals surface area contributed by atoms with Gasteiger partial charge in [-0.2, -0.15) is 0 Å². The maximum atomic E-state index is 12.6. The Bertz CT molecular complexity index is 972. The van der Waals surface area contributed by atoms with Crippen molar-refractivity contribution in [1.29, 1.82) is 0 Å². The van der Waals surface area contributed by atoms with Gasteiger partial charge in [-0.15, -0.1) is 0 Å². The van der Waals surface area contributed by atoms with Gasteiger partial charge >= 0.3 is 0 Å². The van der Waals surface area contributed by atoms with Crippen molar-refractivity contribution < 1.29 is 9.53 Å². The molecule has 142 valence electrons. The Morgan fingerprint density at radius 2 is 1.89 bits per heavy atom. The average Bonchev–Trinajstić information content (AvgIpc) is 2.75. The predicted molar refractivity (Wildman–Crippen MR) is 109 cm³/mol. The van der Waals surface area contributed by atoms with Crippen molar-refractivity contribution in [2.45, 2.75) is 19.9 Å². The molecule has 28 heavy (non-hydrogen) atoms. The summed E-state index contributed by atoms with van der Waals surface area (Å²) in [4.78, 5) is 23.3. The Morgan fingerprint density at radius 3 is 2.68 bits per heavy atom. The summed E-state index contributed by atoms with van der Waals surface area (Å²) in [6.07, 6.45) is 2.41. The van der Waals surface area contributed by atoms with E-state index in [0.717, 1.165) is 31.1 Å². The third kappa shape index (κ3) is 3.96. The van der Waals surface area contributed by atoms with Gasteiger partial charge in [0.15, 0.2) is 0 Å². The van der Waals surface area contributed by atoms with E-state index in [1.807, 2.05) is 31.2 Å². The number of fused-ring (bicyclic) bond motifs is 1. The number of nitrogens with one attached hydrogen (secondary N) is 1. The van der Waals surface area contributed by atoms with Gasteiger partial charge in [0.1, 0.15) is 23.6 Å². The minimum absolute atomic E-state index is 0.259. The van der Waals surface area contributed by atoms with Gasteiger partial charge in [0.05, 0.1) is 6.61 Å². The molecule has 6 nitrogen and oxygen atoms in total. The summed E-state index contributed by atoms with van der Waals surface area (Å²) < 4.78 is 5.42. The molecule has 1 aromatic heterocycles. The maximum Gasteiger partial charge on any atom is 0.274 e. The summed E-state index contributed by atoms with van der Waals surface area (Å²) in [5.74, 6) is 1.28. The van der Waals surface area contributed by atoms with E-state index >= 15 is 0 Å². The number of rotatable bonds is 5. The van der Waals surface area contributed by atoms with Crippen molar-refractivity contribution in [3.05, 3.63) is 77.7 Å². The van der Waals surface area contributed by atoms with Gasteiger partial charge in [0, 0.05) is 24.8 Å². The molecule has 0 saturated heterocycles. The number of hydrogen-bond donors (Lipinski definition) is 1. The van der Waals surface area contributed by atoms with Crippen molar-refractivity contribution in [1.82, 2.24) is 9.97 Å². The molecule has 3 aromatic rings. The third-order valence-electron chi connectivity index (χ3n) is 4.76. The van der Waals surface area contributed by atoms with Gasteiger partial charge in [0.25, 0.3) is 5.91 Å². The lowest BCUT2D eigenvalue weighted by molar-refractivity contribution is 0.102. The summed E-state index contributed by atoms with van der Waals surface area (Å²) in [5, 5.41) is 2.87. The fraction of sp³-hybridized carbons (Fsp3) is 0.227. The zero-order chi connectivity index (χ0) is 19.3. The first-order chi connectivity index (χ1) is 13.7. The molecule has 1 amide bonds. The highest BCUT2D eigenvalue weighted by Crippen LogP contribution is 2.23. The Labute approximate surface area is 164 Å². The number of aromatic nitrogens is 2. The molecule has 0 bridgehead atoms. The van der Waals surface area contributed by atoms with Gasteiger partial charge in [-0.05, 0) is 48.7 Å². The Kier molecular flexibility index (Phi) is 5.19. The normalized spacial score (nSPS) is 13.0. The number of carbonyl (C=O) groups excluding carboxylic acids is 1. The first kappa shape index (κ1) is 18.0. The quantitative estimate of drug-likeness (QED) is 0.738. The van der Waals surface area contributed by atoms with Gasteiger partial charge in [0.2, 0.25) is 0 Å². The molecule has 1 aliphatic rings. The number of anilines is 2. The zero-order valence-electron chi connectivity index (χ0n) is 15.8. The van der Waals surface area contributed by atoms with Crippen LogP contribution in [0.4, 0.5) is 11.5 Å². The molecule has 0 saturated carbocycles. The van der Waals surface area contributed by atoms with Crippen molar-refractivity contribution >= 4 is 17.4 Å². The van der Waals surface area contributed by atoms with Crippen LogP contribution in [0.2, 0.25) is 0 Å². The lowest BCUT2D eigenvalue weighted by atomic mass is 10.00. The molecule has 4 rings (SSSR count). The number of carbonyl (C=O) groups is 1. The van der Waals surface area contributed by atoms with Gasteiger partial charge in [-0.3, -0.25) is 4.79 Å². The molecular formula is C22H22N4O2. The number of benzene rings is 2. The minimum Gasteiger partial charge on any atom is -0.494 e. The molecule has 2 heterocycles. The molecule has 0 fully saturated rings. The van der Waals surface area contributed by atoms with Crippen LogP contribution in [0.15, 0.2) is 60.9 Å².